The largest absolute Gasteiger partial charge is 0.507 e. The summed E-state index contributed by atoms with van der Waals surface area (Å²) in [7, 11) is 7.65. The molecule has 2 aliphatic heterocycles. The number of aromatic hydroxyl groups is 3. The van der Waals surface area contributed by atoms with Crippen molar-refractivity contribution in [2.75, 3.05) is 28.2 Å². The van der Waals surface area contributed by atoms with Crippen LogP contribution in [0.15, 0.2) is 18.2 Å². The Morgan fingerprint density at radius 1 is 0.857 bits per heavy atom. The second-order valence-corrected chi connectivity index (χ2v) is 14.3. The average molecular weight is 685 g/mol. The van der Waals surface area contributed by atoms with Crippen LogP contribution in [-0.2, 0) is 25.4 Å². The molecule has 0 radical (unpaired) electrons. The van der Waals surface area contributed by atoms with Gasteiger partial charge in [0.1, 0.15) is 29.5 Å². The summed E-state index contributed by atoms with van der Waals surface area (Å²) in [6.07, 6.45) is -3.55. The SMILES string of the molecule is CC[C@@]1(O)CCc2c(O)c3c(c(O)c2[C@H]1O[C@H]1C[C@H](N(C)C)[C@H](O[C@H]2C[C@H](N(C)C)[C@H](O)[C@H](C)O2)[C@H](C)O1)C(=O)c1cccc(O)c1C3=O. The van der Waals surface area contributed by atoms with E-state index in [1.807, 2.05) is 51.8 Å². The minimum absolute atomic E-state index is 0.0329. The summed E-state index contributed by atoms with van der Waals surface area (Å²) in [5.41, 5.74) is -2.40. The van der Waals surface area contributed by atoms with Gasteiger partial charge in [0, 0.05) is 41.6 Å². The quantitative estimate of drug-likeness (QED) is 0.230. The molecule has 268 valence electrons. The smallest absolute Gasteiger partial charge is 0.202 e. The maximum atomic E-state index is 13.7. The first kappa shape index (κ1) is 35.7. The highest BCUT2D eigenvalue weighted by Crippen LogP contribution is 2.54. The van der Waals surface area contributed by atoms with Crippen LogP contribution < -0.4 is 0 Å². The number of carbonyl (C=O) groups is 2. The minimum Gasteiger partial charge on any atom is -0.507 e. The van der Waals surface area contributed by atoms with E-state index >= 15 is 0 Å². The van der Waals surface area contributed by atoms with Gasteiger partial charge in [-0.2, -0.15) is 0 Å². The van der Waals surface area contributed by atoms with Crippen LogP contribution in [0.1, 0.15) is 95.5 Å². The maximum Gasteiger partial charge on any atom is 0.202 e. The lowest BCUT2D eigenvalue weighted by Crippen LogP contribution is -2.59. The van der Waals surface area contributed by atoms with Gasteiger partial charge in [-0.25, -0.2) is 0 Å². The molecule has 0 bridgehead atoms. The van der Waals surface area contributed by atoms with E-state index in [0.29, 0.717) is 12.8 Å². The molecule has 6 rings (SSSR count). The lowest BCUT2D eigenvalue weighted by Gasteiger charge is -2.48. The van der Waals surface area contributed by atoms with Crippen LogP contribution in [0.25, 0.3) is 0 Å². The fraction of sp³-hybridized carbons (Fsp3) is 0.611. The Labute approximate surface area is 285 Å². The van der Waals surface area contributed by atoms with E-state index in [2.05, 4.69) is 0 Å². The highest BCUT2D eigenvalue weighted by atomic mass is 16.7. The fourth-order valence-corrected chi connectivity index (χ4v) is 8.06. The lowest BCUT2D eigenvalue weighted by atomic mass is 9.71. The first-order valence-corrected chi connectivity index (χ1v) is 17.0. The van der Waals surface area contributed by atoms with Crippen molar-refractivity contribution in [1.82, 2.24) is 9.80 Å². The molecule has 2 aromatic carbocycles. The summed E-state index contributed by atoms with van der Waals surface area (Å²) in [5, 5.41) is 56.3. The third-order valence-corrected chi connectivity index (χ3v) is 11.0. The number of hydrogen-bond donors (Lipinski definition) is 5. The Kier molecular flexibility index (Phi) is 9.61. The van der Waals surface area contributed by atoms with Crippen molar-refractivity contribution in [1.29, 1.82) is 0 Å². The van der Waals surface area contributed by atoms with Crippen molar-refractivity contribution >= 4 is 11.6 Å². The topological polar surface area (TPSA) is 179 Å². The Hall–Kier alpha value is -3.14. The zero-order chi connectivity index (χ0) is 35.7. The number of ketones is 2. The molecule has 0 aromatic heterocycles. The molecular weight excluding hydrogens is 636 g/mol. The summed E-state index contributed by atoms with van der Waals surface area (Å²) in [6.45, 7) is 5.46. The van der Waals surface area contributed by atoms with Crippen molar-refractivity contribution in [3.63, 3.8) is 0 Å². The number of phenols is 3. The molecule has 2 aliphatic carbocycles. The summed E-state index contributed by atoms with van der Waals surface area (Å²) in [6, 6.07) is 3.70. The predicted octanol–water partition coefficient (Wildman–Crippen LogP) is 2.60. The third kappa shape index (κ3) is 5.93. The Balaban J connectivity index is 1.32. The van der Waals surface area contributed by atoms with Gasteiger partial charge in [0.25, 0.3) is 0 Å². The van der Waals surface area contributed by atoms with Crippen molar-refractivity contribution in [2.45, 2.75) is 114 Å². The Morgan fingerprint density at radius 3 is 2.12 bits per heavy atom. The number of carbonyl (C=O) groups excluding carboxylic acids is 2. The number of rotatable bonds is 7. The second-order valence-electron chi connectivity index (χ2n) is 14.3. The lowest BCUT2D eigenvalue weighted by molar-refractivity contribution is -0.313. The standard InChI is InChI=1S/C36H48N2O11/c1-8-36(45)13-12-19-26(33(44)28-27(31(19)42)32(43)25-18(30(28)41)10-9-11-22(25)39)35(36)49-24-15-21(38(6)7)34(17(3)47-24)48-23-14-20(37(4)5)29(40)16(2)46-23/h9-11,16-17,20-21,23-24,29,34-35,39-40,42,44-45H,8,12-15H2,1-7H3/t16-,17-,20-,21-,23-,24-,29+,34+,35+,36+/m0/s1. The molecular formula is C36H48N2O11. The molecule has 2 fully saturated rings. The molecule has 13 nitrogen and oxygen atoms in total. The van der Waals surface area contributed by atoms with Gasteiger partial charge in [-0.05, 0) is 67.4 Å². The van der Waals surface area contributed by atoms with E-state index in [9.17, 15) is 35.1 Å². The number of aliphatic hydroxyl groups is 2. The molecule has 0 spiro atoms. The predicted molar refractivity (Wildman–Crippen MR) is 176 cm³/mol. The first-order valence-electron chi connectivity index (χ1n) is 17.0. The van der Waals surface area contributed by atoms with E-state index in [1.165, 1.54) is 18.2 Å². The van der Waals surface area contributed by atoms with Crippen LogP contribution in [-0.4, -0.2) is 130 Å². The molecule has 4 aliphatic rings. The molecule has 2 heterocycles. The van der Waals surface area contributed by atoms with Crippen LogP contribution in [0.5, 0.6) is 17.2 Å². The van der Waals surface area contributed by atoms with Gasteiger partial charge in [-0.3, -0.25) is 9.59 Å². The molecule has 0 unspecified atom stereocenters. The van der Waals surface area contributed by atoms with E-state index in [0.717, 1.165) is 0 Å². The van der Waals surface area contributed by atoms with E-state index in [-0.39, 0.29) is 59.2 Å². The Bertz CT molecular complexity index is 1630. The van der Waals surface area contributed by atoms with E-state index < -0.39 is 83.1 Å². The maximum absolute atomic E-state index is 13.7. The molecule has 2 aromatic rings. The molecule has 13 heteroatoms. The second kappa shape index (κ2) is 13.2. The van der Waals surface area contributed by atoms with Gasteiger partial charge in [0.05, 0.1) is 40.6 Å². The molecule has 0 saturated carbocycles. The van der Waals surface area contributed by atoms with Gasteiger partial charge >= 0.3 is 0 Å². The third-order valence-electron chi connectivity index (χ3n) is 11.0. The van der Waals surface area contributed by atoms with Gasteiger partial charge in [-0.1, -0.05) is 19.1 Å². The average Bonchev–Trinajstić information content (AvgIpc) is 3.04. The first-order chi connectivity index (χ1) is 23.1. The highest BCUT2D eigenvalue weighted by molar-refractivity contribution is 6.31. The summed E-state index contributed by atoms with van der Waals surface area (Å²) in [4.78, 5) is 31.3. The zero-order valence-corrected chi connectivity index (χ0v) is 29.0. The highest BCUT2D eigenvalue weighted by Gasteiger charge is 2.51. The van der Waals surface area contributed by atoms with E-state index in [1.54, 1.807) is 6.92 Å². The van der Waals surface area contributed by atoms with Crippen LogP contribution in [0, 0.1) is 0 Å². The van der Waals surface area contributed by atoms with Crippen LogP contribution in [0.3, 0.4) is 0 Å². The van der Waals surface area contributed by atoms with Gasteiger partial charge < -0.3 is 54.3 Å². The normalized spacial score (nSPS) is 34.6. The Morgan fingerprint density at radius 2 is 1.47 bits per heavy atom. The number of likely N-dealkylation sites (N-methyl/N-ethyl adjacent to an activating group) is 2. The molecule has 0 amide bonds. The summed E-state index contributed by atoms with van der Waals surface area (Å²) >= 11 is 0. The minimum atomic E-state index is -1.51. The molecule has 49 heavy (non-hydrogen) atoms. The van der Waals surface area contributed by atoms with Crippen LogP contribution in [0.4, 0.5) is 0 Å². The van der Waals surface area contributed by atoms with Crippen molar-refractivity contribution in [3.05, 3.63) is 51.6 Å². The number of hydrogen-bond acceptors (Lipinski definition) is 13. The summed E-state index contributed by atoms with van der Waals surface area (Å²) < 4.78 is 25.6. The van der Waals surface area contributed by atoms with Gasteiger partial charge in [-0.15, -0.1) is 0 Å². The van der Waals surface area contributed by atoms with Crippen LogP contribution >= 0.6 is 0 Å². The number of fused-ring (bicyclic) bond motifs is 3. The van der Waals surface area contributed by atoms with Gasteiger partial charge in [0.15, 0.2) is 18.4 Å². The van der Waals surface area contributed by atoms with Crippen molar-refractivity contribution in [2.24, 2.45) is 0 Å². The fourth-order valence-electron chi connectivity index (χ4n) is 8.06. The number of nitrogens with zero attached hydrogens (tertiary/aromatic N) is 2. The van der Waals surface area contributed by atoms with Gasteiger partial charge in [0.2, 0.25) is 5.78 Å². The van der Waals surface area contributed by atoms with Crippen molar-refractivity contribution in [3.8, 4) is 17.2 Å². The molecule has 5 N–H and O–H groups in total. The number of ether oxygens (including phenoxy) is 4. The summed E-state index contributed by atoms with van der Waals surface area (Å²) in [5.74, 6) is -2.96. The number of benzene rings is 2. The monoisotopic (exact) mass is 684 g/mol. The van der Waals surface area contributed by atoms with Crippen molar-refractivity contribution < 1.29 is 54.1 Å². The number of aliphatic hydroxyl groups excluding tert-OH is 1. The number of phenolic OH excluding ortho intramolecular Hbond substituents is 3. The molecule has 2 saturated heterocycles. The molecule has 10 atom stereocenters. The van der Waals surface area contributed by atoms with E-state index in [4.69, 9.17) is 18.9 Å². The zero-order valence-electron chi connectivity index (χ0n) is 29.0. The van der Waals surface area contributed by atoms with Crippen LogP contribution in [0.2, 0.25) is 0 Å².